The topological polar surface area (TPSA) is 95.6 Å². The number of carbonyl (C=O) groups excluding carboxylic acids is 2. The first kappa shape index (κ1) is 18.8. The van der Waals surface area contributed by atoms with Crippen LogP contribution < -0.4 is 10.0 Å². The molecular weight excluding hydrogens is 354 g/mol. The van der Waals surface area contributed by atoms with Crippen molar-refractivity contribution in [1.29, 1.82) is 0 Å². The molecule has 2 amide bonds. The molecule has 1 aromatic carbocycles. The molecule has 3 rings (SSSR count). The van der Waals surface area contributed by atoms with E-state index in [2.05, 4.69) is 23.9 Å². The minimum Gasteiger partial charge on any atom is -0.296 e. The summed E-state index contributed by atoms with van der Waals surface area (Å²) >= 11 is 0. The smallest absolute Gasteiger partial charge is 0.296 e. The van der Waals surface area contributed by atoms with Crippen LogP contribution in [0.3, 0.4) is 0 Å². The molecule has 2 N–H and O–H groups in total. The van der Waals surface area contributed by atoms with Crippen molar-refractivity contribution in [3.8, 4) is 0 Å². The third-order valence-corrected chi connectivity index (χ3v) is 6.42. The van der Waals surface area contributed by atoms with Crippen molar-refractivity contribution in [2.24, 2.45) is 11.8 Å². The minimum absolute atomic E-state index is 0.161. The molecule has 8 heteroatoms. The van der Waals surface area contributed by atoms with E-state index in [9.17, 15) is 18.0 Å². The predicted octanol–water partition coefficient (Wildman–Crippen LogP) is 1.84. The highest BCUT2D eigenvalue weighted by molar-refractivity contribution is 7.90. The van der Waals surface area contributed by atoms with E-state index in [0.717, 1.165) is 12.0 Å². The number of rotatable bonds is 4. The van der Waals surface area contributed by atoms with E-state index in [1.54, 1.807) is 24.3 Å². The predicted molar refractivity (Wildman–Crippen MR) is 98.6 cm³/mol. The highest BCUT2D eigenvalue weighted by Gasteiger charge is 2.30. The van der Waals surface area contributed by atoms with Gasteiger partial charge in [0.15, 0.2) is 0 Å². The maximum Gasteiger partial charge on any atom is 0.301 e. The zero-order valence-corrected chi connectivity index (χ0v) is 15.9. The van der Waals surface area contributed by atoms with Gasteiger partial charge in [-0.3, -0.25) is 19.6 Å². The number of nitrogens with zero attached hydrogens (tertiary/aromatic N) is 1. The van der Waals surface area contributed by atoms with E-state index < -0.39 is 10.2 Å². The van der Waals surface area contributed by atoms with Crippen molar-refractivity contribution in [2.75, 3.05) is 17.8 Å². The van der Waals surface area contributed by atoms with Gasteiger partial charge in [0, 0.05) is 37.5 Å². The van der Waals surface area contributed by atoms with E-state index in [0.29, 0.717) is 30.6 Å². The third-order valence-electron chi connectivity index (χ3n) is 4.95. The van der Waals surface area contributed by atoms with Crippen LogP contribution in [-0.4, -0.2) is 37.6 Å². The van der Waals surface area contributed by atoms with Gasteiger partial charge in [0.25, 0.3) is 0 Å². The van der Waals surface area contributed by atoms with Crippen LogP contribution in [0.4, 0.5) is 5.69 Å². The van der Waals surface area contributed by atoms with E-state index in [1.165, 1.54) is 4.31 Å². The van der Waals surface area contributed by atoms with Crippen LogP contribution in [0.1, 0.15) is 44.6 Å². The summed E-state index contributed by atoms with van der Waals surface area (Å²) < 4.78 is 29.4. The van der Waals surface area contributed by atoms with Gasteiger partial charge < -0.3 is 0 Å². The van der Waals surface area contributed by atoms with Gasteiger partial charge in [-0.1, -0.05) is 26.0 Å². The first-order valence-corrected chi connectivity index (χ1v) is 10.4. The number of hydrogen-bond donors (Lipinski definition) is 2. The van der Waals surface area contributed by atoms with Gasteiger partial charge in [-0.25, -0.2) is 0 Å². The molecule has 2 unspecified atom stereocenters. The number of nitrogens with one attached hydrogen (secondary N) is 2. The van der Waals surface area contributed by atoms with Crippen molar-refractivity contribution >= 4 is 27.7 Å². The van der Waals surface area contributed by atoms with Crippen LogP contribution in [0.15, 0.2) is 24.3 Å². The van der Waals surface area contributed by atoms with E-state index in [4.69, 9.17) is 0 Å². The summed E-state index contributed by atoms with van der Waals surface area (Å²) in [6.45, 7) is 5.18. The van der Waals surface area contributed by atoms with Crippen LogP contribution in [0.25, 0.3) is 0 Å². The molecule has 0 aliphatic carbocycles. The largest absolute Gasteiger partial charge is 0.301 e. The third kappa shape index (κ3) is 4.42. The lowest BCUT2D eigenvalue weighted by Gasteiger charge is -2.34. The molecule has 26 heavy (non-hydrogen) atoms. The summed E-state index contributed by atoms with van der Waals surface area (Å²) in [5.41, 5.74) is 1.34. The van der Waals surface area contributed by atoms with Crippen LogP contribution in [0.5, 0.6) is 0 Å². The molecule has 2 fully saturated rings. The molecule has 142 valence electrons. The normalized spacial score (nSPS) is 25.8. The lowest BCUT2D eigenvalue weighted by atomic mass is 9.89. The Morgan fingerprint density at radius 3 is 2.08 bits per heavy atom. The zero-order chi connectivity index (χ0) is 18.9. The fraction of sp³-hybridized carbons (Fsp3) is 0.556. The molecule has 7 nitrogen and oxygen atoms in total. The summed E-state index contributed by atoms with van der Waals surface area (Å²) in [5, 5.41) is 2.29. The summed E-state index contributed by atoms with van der Waals surface area (Å²) in [4.78, 5) is 23.0. The average molecular weight is 379 g/mol. The second kappa shape index (κ2) is 7.36. The van der Waals surface area contributed by atoms with E-state index in [-0.39, 0.29) is 30.6 Å². The molecule has 0 bridgehead atoms. The molecule has 2 heterocycles. The van der Waals surface area contributed by atoms with Crippen molar-refractivity contribution in [1.82, 2.24) is 9.62 Å². The standard InChI is InChI=1S/C18H25N3O4S/c1-12-7-13(2)11-21(10-12)26(24,25)20-16-5-3-14(4-6-16)15-8-17(22)19-18(23)9-15/h3-6,12-13,15,20H,7-11H2,1-2H3,(H,19,22,23). The van der Waals surface area contributed by atoms with Gasteiger partial charge in [0.2, 0.25) is 11.8 Å². The number of amides is 2. The van der Waals surface area contributed by atoms with Crippen LogP contribution in [-0.2, 0) is 19.8 Å². The second-order valence-corrected chi connectivity index (χ2v) is 9.24. The fourth-order valence-electron chi connectivity index (χ4n) is 3.85. The molecule has 0 spiro atoms. The Morgan fingerprint density at radius 1 is 1.00 bits per heavy atom. The van der Waals surface area contributed by atoms with Gasteiger partial charge in [-0.2, -0.15) is 12.7 Å². The second-order valence-electron chi connectivity index (χ2n) is 7.57. The SMILES string of the molecule is CC1CC(C)CN(S(=O)(=O)Nc2ccc(C3CC(=O)NC(=O)C3)cc2)C1. The molecule has 2 aliphatic heterocycles. The van der Waals surface area contributed by atoms with Crippen LogP contribution in [0.2, 0.25) is 0 Å². The average Bonchev–Trinajstić information content (AvgIpc) is 2.53. The molecule has 2 aliphatic rings. The van der Waals surface area contributed by atoms with Crippen molar-refractivity contribution in [3.05, 3.63) is 29.8 Å². The molecule has 2 atom stereocenters. The Morgan fingerprint density at radius 2 is 1.54 bits per heavy atom. The first-order valence-electron chi connectivity index (χ1n) is 8.93. The number of imide groups is 1. The maximum atomic E-state index is 12.6. The number of anilines is 1. The van der Waals surface area contributed by atoms with Crippen molar-refractivity contribution in [3.63, 3.8) is 0 Å². The van der Waals surface area contributed by atoms with Crippen LogP contribution >= 0.6 is 0 Å². The number of piperidine rings is 2. The Kier molecular flexibility index (Phi) is 5.34. The minimum atomic E-state index is -3.59. The molecule has 0 radical (unpaired) electrons. The van der Waals surface area contributed by atoms with Gasteiger partial charge in [-0.05, 0) is 36.0 Å². The summed E-state index contributed by atoms with van der Waals surface area (Å²) in [6.07, 6.45) is 1.56. The van der Waals surface area contributed by atoms with Gasteiger partial charge >= 0.3 is 10.2 Å². The van der Waals surface area contributed by atoms with E-state index in [1.807, 2.05) is 0 Å². The first-order chi connectivity index (χ1) is 12.2. The van der Waals surface area contributed by atoms with E-state index >= 15 is 0 Å². The summed E-state index contributed by atoms with van der Waals surface area (Å²) in [6, 6.07) is 6.91. The lowest BCUT2D eigenvalue weighted by Crippen LogP contribution is -2.45. The summed E-state index contributed by atoms with van der Waals surface area (Å²) in [5.74, 6) is -0.0280. The van der Waals surface area contributed by atoms with Crippen LogP contribution in [0, 0.1) is 11.8 Å². The highest BCUT2D eigenvalue weighted by Crippen LogP contribution is 2.28. The van der Waals surface area contributed by atoms with Crippen molar-refractivity contribution < 1.29 is 18.0 Å². The number of hydrogen-bond acceptors (Lipinski definition) is 4. The quantitative estimate of drug-likeness (QED) is 0.781. The molecular formula is C18H25N3O4S. The maximum absolute atomic E-state index is 12.6. The zero-order valence-electron chi connectivity index (χ0n) is 15.1. The lowest BCUT2D eigenvalue weighted by molar-refractivity contribution is -0.133. The Labute approximate surface area is 154 Å². The summed E-state index contributed by atoms with van der Waals surface area (Å²) in [7, 11) is -3.59. The molecule has 2 saturated heterocycles. The van der Waals surface area contributed by atoms with Gasteiger partial charge in [0.1, 0.15) is 0 Å². The molecule has 0 saturated carbocycles. The highest BCUT2D eigenvalue weighted by atomic mass is 32.2. The Balaban J connectivity index is 1.69. The Hall–Kier alpha value is -1.93. The fourth-order valence-corrected chi connectivity index (χ4v) is 5.32. The molecule has 0 aromatic heterocycles. The number of carbonyl (C=O) groups is 2. The monoisotopic (exact) mass is 379 g/mol. The van der Waals surface area contributed by atoms with Crippen molar-refractivity contribution in [2.45, 2.75) is 39.0 Å². The van der Waals surface area contributed by atoms with Gasteiger partial charge in [-0.15, -0.1) is 0 Å². The Bertz CT molecular complexity index is 765. The molecule has 1 aromatic rings. The van der Waals surface area contributed by atoms with Gasteiger partial charge in [0.05, 0.1) is 0 Å². The number of benzene rings is 1.